The second-order valence-electron chi connectivity index (χ2n) is 3.62. The molecule has 0 aliphatic heterocycles. The first-order valence-electron chi connectivity index (χ1n) is 4.64. The predicted octanol–water partition coefficient (Wildman–Crippen LogP) is 1.66. The van der Waals surface area contributed by atoms with Crippen LogP contribution in [0.4, 0.5) is 18.0 Å². The van der Waals surface area contributed by atoms with E-state index in [0.717, 1.165) is 19.3 Å². The second-order valence-corrected chi connectivity index (χ2v) is 3.62. The van der Waals surface area contributed by atoms with Crippen LogP contribution >= 0.6 is 0 Å². The van der Waals surface area contributed by atoms with E-state index in [9.17, 15) is 18.0 Å². The van der Waals surface area contributed by atoms with Gasteiger partial charge in [0.25, 0.3) is 0 Å². The minimum atomic E-state index is -4.51. The first kappa shape index (κ1) is 12.1. The number of rotatable bonds is 3. The van der Waals surface area contributed by atoms with Gasteiger partial charge in [0.2, 0.25) is 0 Å². The average molecular weight is 226 g/mol. The Morgan fingerprint density at radius 1 is 1.47 bits per heavy atom. The molecule has 1 amide bonds. The van der Waals surface area contributed by atoms with E-state index in [2.05, 4.69) is 4.74 Å². The molecule has 0 spiro atoms. The standard InChI is InChI=1S/C8H13F3N2O2/c9-8(10,11)5-15-7(14)13(12)4-6-2-1-3-6/h6H,1-5,12H2. The second kappa shape index (κ2) is 4.69. The number of nitrogens with zero attached hydrogens (tertiary/aromatic N) is 1. The fourth-order valence-electron chi connectivity index (χ4n) is 1.25. The lowest BCUT2D eigenvalue weighted by Gasteiger charge is -2.29. The Bertz CT molecular complexity index is 228. The molecule has 0 heterocycles. The van der Waals surface area contributed by atoms with Gasteiger partial charge in [-0.1, -0.05) is 6.42 Å². The lowest BCUT2D eigenvalue weighted by molar-refractivity contribution is -0.162. The minimum absolute atomic E-state index is 0.261. The van der Waals surface area contributed by atoms with Crippen molar-refractivity contribution in [2.24, 2.45) is 11.8 Å². The van der Waals surface area contributed by atoms with Gasteiger partial charge in [-0.3, -0.25) is 0 Å². The van der Waals surface area contributed by atoms with E-state index in [-0.39, 0.29) is 6.54 Å². The number of halogens is 3. The van der Waals surface area contributed by atoms with Gasteiger partial charge in [0, 0.05) is 6.54 Å². The topological polar surface area (TPSA) is 55.6 Å². The van der Waals surface area contributed by atoms with Crippen LogP contribution in [0.5, 0.6) is 0 Å². The summed E-state index contributed by atoms with van der Waals surface area (Å²) in [6, 6.07) is 0. The summed E-state index contributed by atoms with van der Waals surface area (Å²) in [7, 11) is 0. The fraction of sp³-hybridized carbons (Fsp3) is 0.875. The molecule has 0 radical (unpaired) electrons. The minimum Gasteiger partial charge on any atom is -0.439 e. The molecule has 2 N–H and O–H groups in total. The SMILES string of the molecule is NN(CC1CCC1)C(=O)OCC(F)(F)F. The summed E-state index contributed by atoms with van der Waals surface area (Å²) in [6.45, 7) is -1.33. The third-order valence-corrected chi connectivity index (χ3v) is 2.27. The Labute approximate surface area is 85.1 Å². The third-order valence-electron chi connectivity index (χ3n) is 2.27. The van der Waals surface area contributed by atoms with Crippen LogP contribution in [0.3, 0.4) is 0 Å². The molecule has 0 aromatic carbocycles. The van der Waals surface area contributed by atoms with Crippen LogP contribution in [0.2, 0.25) is 0 Å². The van der Waals surface area contributed by atoms with Crippen molar-refractivity contribution < 1.29 is 22.7 Å². The van der Waals surface area contributed by atoms with E-state index in [0.29, 0.717) is 10.9 Å². The normalized spacial score (nSPS) is 17.1. The van der Waals surface area contributed by atoms with Gasteiger partial charge in [0.1, 0.15) is 0 Å². The number of ether oxygens (including phenoxy) is 1. The molecule has 1 fully saturated rings. The molecule has 1 saturated carbocycles. The molecule has 1 aliphatic rings. The maximum Gasteiger partial charge on any atom is 0.424 e. The molecule has 7 heteroatoms. The van der Waals surface area contributed by atoms with Gasteiger partial charge in [-0.05, 0) is 18.8 Å². The van der Waals surface area contributed by atoms with Gasteiger partial charge in [-0.15, -0.1) is 0 Å². The molecule has 88 valence electrons. The van der Waals surface area contributed by atoms with Gasteiger partial charge in [0.15, 0.2) is 6.61 Å². The van der Waals surface area contributed by atoms with Crippen LogP contribution in [0, 0.1) is 5.92 Å². The van der Waals surface area contributed by atoms with Gasteiger partial charge in [-0.2, -0.15) is 13.2 Å². The lowest BCUT2D eigenvalue weighted by atomic mass is 9.85. The number of hydrogen-bond donors (Lipinski definition) is 1. The lowest BCUT2D eigenvalue weighted by Crippen LogP contribution is -2.43. The maximum absolute atomic E-state index is 11.7. The van der Waals surface area contributed by atoms with Crippen molar-refractivity contribution >= 4 is 6.09 Å². The molecular formula is C8H13F3N2O2. The summed E-state index contributed by atoms with van der Waals surface area (Å²) in [4.78, 5) is 10.9. The van der Waals surface area contributed by atoms with Crippen LogP contribution < -0.4 is 5.84 Å². The van der Waals surface area contributed by atoms with E-state index in [1.54, 1.807) is 0 Å². The van der Waals surface area contributed by atoms with Gasteiger partial charge < -0.3 is 4.74 Å². The monoisotopic (exact) mass is 226 g/mol. The van der Waals surface area contributed by atoms with Crippen LogP contribution in [-0.2, 0) is 4.74 Å². The molecule has 0 aromatic rings. The summed E-state index contributed by atoms with van der Waals surface area (Å²) in [5.41, 5.74) is 0. The smallest absolute Gasteiger partial charge is 0.424 e. The molecule has 4 nitrogen and oxygen atoms in total. The van der Waals surface area contributed by atoms with E-state index < -0.39 is 18.9 Å². The summed E-state index contributed by atoms with van der Waals surface area (Å²) in [5, 5.41) is 0.704. The number of nitrogens with two attached hydrogens (primary N) is 1. The zero-order valence-corrected chi connectivity index (χ0v) is 8.09. The number of amides is 1. The first-order valence-corrected chi connectivity index (χ1v) is 4.64. The molecule has 0 bridgehead atoms. The fourth-order valence-corrected chi connectivity index (χ4v) is 1.25. The largest absolute Gasteiger partial charge is 0.439 e. The highest BCUT2D eigenvalue weighted by molar-refractivity contribution is 5.66. The molecule has 1 aliphatic carbocycles. The number of hydrogen-bond acceptors (Lipinski definition) is 3. The summed E-state index contributed by atoms with van der Waals surface area (Å²) >= 11 is 0. The van der Waals surface area contributed by atoms with Crippen LogP contribution in [0.1, 0.15) is 19.3 Å². The van der Waals surface area contributed by atoms with E-state index in [1.165, 1.54) is 0 Å². The van der Waals surface area contributed by atoms with E-state index >= 15 is 0 Å². The molecule has 15 heavy (non-hydrogen) atoms. The number of carbonyl (C=O) groups excluding carboxylic acids is 1. The number of hydrazine groups is 1. The van der Waals surface area contributed by atoms with Gasteiger partial charge in [0.05, 0.1) is 0 Å². The highest BCUT2D eigenvalue weighted by Gasteiger charge is 2.31. The molecular weight excluding hydrogens is 213 g/mol. The van der Waals surface area contributed by atoms with Crippen molar-refractivity contribution in [3.8, 4) is 0 Å². The van der Waals surface area contributed by atoms with Gasteiger partial charge in [-0.25, -0.2) is 15.6 Å². The Morgan fingerprint density at radius 2 is 2.07 bits per heavy atom. The highest BCUT2D eigenvalue weighted by Crippen LogP contribution is 2.26. The summed E-state index contributed by atoms with van der Waals surface area (Å²) in [6.07, 6.45) is -2.64. The predicted molar refractivity (Wildman–Crippen MR) is 45.6 cm³/mol. The zero-order valence-electron chi connectivity index (χ0n) is 8.09. The van der Waals surface area contributed by atoms with Gasteiger partial charge >= 0.3 is 12.3 Å². The first-order chi connectivity index (χ1) is 6.88. The van der Waals surface area contributed by atoms with E-state index in [4.69, 9.17) is 5.84 Å². The summed E-state index contributed by atoms with van der Waals surface area (Å²) in [5.74, 6) is 5.55. The van der Waals surface area contributed by atoms with E-state index in [1.807, 2.05) is 0 Å². The quantitative estimate of drug-likeness (QED) is 0.452. The Kier molecular flexibility index (Phi) is 3.78. The zero-order chi connectivity index (χ0) is 11.5. The van der Waals surface area contributed by atoms with Crippen LogP contribution in [-0.4, -0.2) is 30.4 Å². The third kappa shape index (κ3) is 4.37. The average Bonchev–Trinajstić information content (AvgIpc) is 2.05. The Morgan fingerprint density at radius 3 is 2.47 bits per heavy atom. The number of carbonyl (C=O) groups is 1. The maximum atomic E-state index is 11.7. The van der Waals surface area contributed by atoms with Crippen LogP contribution in [0.25, 0.3) is 0 Å². The van der Waals surface area contributed by atoms with Crippen molar-refractivity contribution in [2.45, 2.75) is 25.4 Å². The Hall–Kier alpha value is -0.980. The van der Waals surface area contributed by atoms with Crippen molar-refractivity contribution in [3.05, 3.63) is 0 Å². The number of alkyl halides is 3. The molecule has 0 unspecified atom stereocenters. The molecule has 0 saturated heterocycles. The van der Waals surface area contributed by atoms with Crippen molar-refractivity contribution in [1.82, 2.24) is 5.01 Å². The van der Waals surface area contributed by atoms with Crippen LogP contribution in [0.15, 0.2) is 0 Å². The Balaban J connectivity index is 2.20. The molecule has 0 aromatic heterocycles. The molecule has 1 rings (SSSR count). The highest BCUT2D eigenvalue weighted by atomic mass is 19.4. The molecule has 0 atom stereocenters. The van der Waals surface area contributed by atoms with Crippen molar-refractivity contribution in [1.29, 1.82) is 0 Å². The summed E-state index contributed by atoms with van der Waals surface area (Å²) < 4.78 is 39.0. The van der Waals surface area contributed by atoms with Crippen molar-refractivity contribution in [2.75, 3.05) is 13.2 Å². The van der Waals surface area contributed by atoms with Crippen molar-refractivity contribution in [3.63, 3.8) is 0 Å².